The van der Waals surface area contributed by atoms with Gasteiger partial charge in [-0.1, -0.05) is 0 Å². The largest absolute Gasteiger partial charge is 0.468 e. The molecule has 0 aromatic rings. The summed E-state index contributed by atoms with van der Waals surface area (Å²) in [5.74, 6) is -0.834. The van der Waals surface area contributed by atoms with Crippen molar-refractivity contribution < 1.29 is 47.5 Å². The molecule has 3 saturated heterocycles. The molecule has 11 nitrogen and oxygen atoms in total. The zero-order valence-corrected chi connectivity index (χ0v) is 16.1. The SMILES string of the molecule is COC(=O)CN(CCCOC[C@H]1OCO[C@@H]2[C@H]3OCO[C@H]3O[C@@H]21)CC(=O)OC. The Morgan fingerprint density at radius 3 is 2.32 bits per heavy atom. The third-order valence-electron chi connectivity index (χ3n) is 4.81. The molecular weight excluding hydrogens is 378 g/mol. The Kier molecular flexibility index (Phi) is 7.97. The van der Waals surface area contributed by atoms with Gasteiger partial charge < -0.3 is 37.9 Å². The van der Waals surface area contributed by atoms with E-state index in [4.69, 9.17) is 28.4 Å². The second kappa shape index (κ2) is 10.4. The van der Waals surface area contributed by atoms with Crippen molar-refractivity contribution in [2.75, 3.05) is 60.7 Å². The number of esters is 2. The fourth-order valence-electron chi connectivity index (χ4n) is 3.37. The lowest BCUT2D eigenvalue weighted by atomic mass is 10.1. The van der Waals surface area contributed by atoms with E-state index in [-0.39, 0.29) is 51.1 Å². The van der Waals surface area contributed by atoms with Crippen LogP contribution in [0.15, 0.2) is 0 Å². The van der Waals surface area contributed by atoms with Crippen molar-refractivity contribution in [1.29, 1.82) is 0 Å². The highest BCUT2D eigenvalue weighted by molar-refractivity contribution is 5.74. The molecule has 0 unspecified atom stereocenters. The number of fused-ring (bicyclic) bond motifs is 3. The Balaban J connectivity index is 1.37. The Morgan fingerprint density at radius 2 is 1.61 bits per heavy atom. The lowest BCUT2D eigenvalue weighted by molar-refractivity contribution is -0.253. The molecule has 3 aliphatic rings. The van der Waals surface area contributed by atoms with Crippen LogP contribution in [-0.2, 0) is 47.5 Å². The molecule has 3 rings (SSSR count). The predicted octanol–water partition coefficient (Wildman–Crippen LogP) is -1.12. The Labute approximate surface area is 163 Å². The monoisotopic (exact) mass is 405 g/mol. The van der Waals surface area contributed by atoms with Crippen molar-refractivity contribution in [2.45, 2.75) is 37.1 Å². The van der Waals surface area contributed by atoms with E-state index >= 15 is 0 Å². The van der Waals surface area contributed by atoms with Crippen molar-refractivity contribution in [3.8, 4) is 0 Å². The quantitative estimate of drug-likeness (QED) is 0.325. The number of carbonyl (C=O) groups excluding carboxylic acids is 2. The van der Waals surface area contributed by atoms with E-state index < -0.39 is 18.2 Å². The summed E-state index contributed by atoms with van der Waals surface area (Å²) in [5.41, 5.74) is 0. The van der Waals surface area contributed by atoms with Crippen molar-refractivity contribution in [2.24, 2.45) is 0 Å². The fraction of sp³-hybridized carbons (Fsp3) is 0.882. The van der Waals surface area contributed by atoms with Gasteiger partial charge in [-0.25, -0.2) is 0 Å². The number of hydrogen-bond acceptors (Lipinski definition) is 11. The normalized spacial score (nSPS) is 31.5. The van der Waals surface area contributed by atoms with Gasteiger partial charge in [-0.2, -0.15) is 0 Å². The van der Waals surface area contributed by atoms with Gasteiger partial charge in [0.05, 0.1) is 33.9 Å². The Bertz CT molecular complexity index is 514. The van der Waals surface area contributed by atoms with E-state index in [1.807, 2.05) is 0 Å². The molecule has 160 valence electrons. The summed E-state index contributed by atoms with van der Waals surface area (Å²) in [4.78, 5) is 24.6. The van der Waals surface area contributed by atoms with Gasteiger partial charge >= 0.3 is 11.9 Å². The zero-order chi connectivity index (χ0) is 19.9. The predicted molar refractivity (Wildman–Crippen MR) is 90.0 cm³/mol. The van der Waals surface area contributed by atoms with Crippen LogP contribution in [0.25, 0.3) is 0 Å². The van der Waals surface area contributed by atoms with Crippen LogP contribution in [0.1, 0.15) is 6.42 Å². The van der Waals surface area contributed by atoms with Gasteiger partial charge in [0, 0.05) is 13.2 Å². The number of nitrogens with zero attached hydrogens (tertiary/aromatic N) is 1. The molecule has 28 heavy (non-hydrogen) atoms. The van der Waals surface area contributed by atoms with E-state index in [0.29, 0.717) is 26.2 Å². The maximum absolute atomic E-state index is 11.5. The van der Waals surface area contributed by atoms with Crippen LogP contribution in [0.3, 0.4) is 0 Å². The molecule has 3 fully saturated rings. The molecule has 0 saturated carbocycles. The van der Waals surface area contributed by atoms with Crippen LogP contribution in [0.5, 0.6) is 0 Å². The summed E-state index contributed by atoms with van der Waals surface area (Å²) < 4.78 is 42.9. The average molecular weight is 405 g/mol. The topological polar surface area (TPSA) is 111 Å². The molecular formula is C17H27NO10. The molecule has 3 aliphatic heterocycles. The zero-order valence-electron chi connectivity index (χ0n) is 16.1. The minimum Gasteiger partial charge on any atom is -0.468 e. The van der Waals surface area contributed by atoms with E-state index in [2.05, 4.69) is 9.47 Å². The first-order chi connectivity index (χ1) is 13.6. The van der Waals surface area contributed by atoms with Gasteiger partial charge in [0.25, 0.3) is 0 Å². The second-order valence-electron chi connectivity index (χ2n) is 6.63. The number of rotatable bonds is 10. The van der Waals surface area contributed by atoms with E-state index in [1.165, 1.54) is 14.2 Å². The number of hydrogen-bond donors (Lipinski definition) is 0. The van der Waals surface area contributed by atoms with Gasteiger partial charge in [0.2, 0.25) is 0 Å². The van der Waals surface area contributed by atoms with Crippen LogP contribution in [0.2, 0.25) is 0 Å². The van der Waals surface area contributed by atoms with Crippen molar-refractivity contribution >= 4 is 11.9 Å². The number of ether oxygens (including phenoxy) is 8. The Hall–Kier alpha value is -1.34. The van der Waals surface area contributed by atoms with Crippen molar-refractivity contribution in [3.63, 3.8) is 0 Å². The van der Waals surface area contributed by atoms with E-state index in [1.54, 1.807) is 4.90 Å². The van der Waals surface area contributed by atoms with Crippen LogP contribution in [0.4, 0.5) is 0 Å². The number of methoxy groups -OCH3 is 2. The summed E-state index contributed by atoms with van der Waals surface area (Å²) in [6.45, 7) is 1.61. The Morgan fingerprint density at radius 1 is 0.929 bits per heavy atom. The molecule has 3 heterocycles. The van der Waals surface area contributed by atoms with Crippen molar-refractivity contribution in [3.05, 3.63) is 0 Å². The summed E-state index contributed by atoms with van der Waals surface area (Å²) in [6, 6.07) is 0. The molecule has 5 atom stereocenters. The lowest BCUT2D eigenvalue weighted by Gasteiger charge is -2.33. The maximum Gasteiger partial charge on any atom is 0.319 e. The minimum atomic E-state index is -0.426. The smallest absolute Gasteiger partial charge is 0.319 e. The summed E-state index contributed by atoms with van der Waals surface area (Å²) in [6.07, 6.45) is -0.864. The fourth-order valence-corrected chi connectivity index (χ4v) is 3.37. The van der Waals surface area contributed by atoms with Gasteiger partial charge in [0.1, 0.15) is 31.2 Å². The van der Waals surface area contributed by atoms with Gasteiger partial charge in [0.15, 0.2) is 13.1 Å². The molecule has 0 aliphatic carbocycles. The summed E-state index contributed by atoms with van der Waals surface area (Å²) >= 11 is 0. The molecule has 0 radical (unpaired) electrons. The summed E-state index contributed by atoms with van der Waals surface area (Å²) in [7, 11) is 2.61. The first-order valence-electron chi connectivity index (χ1n) is 9.18. The van der Waals surface area contributed by atoms with Crippen LogP contribution in [0, 0.1) is 0 Å². The van der Waals surface area contributed by atoms with Gasteiger partial charge in [-0.3, -0.25) is 14.5 Å². The second-order valence-corrected chi connectivity index (χ2v) is 6.63. The first kappa shape index (κ1) is 21.4. The standard InChI is InChI=1S/C17H27NO10/c1-21-12(19)6-18(7-13(20)22-2)4-3-5-23-8-11-14-15(25-9-24-11)16-17(28-14)27-10-26-16/h11,14-17H,3-10H2,1-2H3/t11-,14-,15+,16-,17+/m1/s1. The molecule has 0 N–H and O–H groups in total. The van der Waals surface area contributed by atoms with Crippen LogP contribution in [-0.4, -0.2) is 108 Å². The van der Waals surface area contributed by atoms with Crippen LogP contribution < -0.4 is 0 Å². The highest BCUT2D eigenvalue weighted by atomic mass is 16.8. The average Bonchev–Trinajstić information content (AvgIpc) is 3.29. The maximum atomic E-state index is 11.5. The van der Waals surface area contributed by atoms with Crippen LogP contribution >= 0.6 is 0 Å². The highest BCUT2D eigenvalue weighted by Gasteiger charge is 2.54. The molecule has 0 spiro atoms. The third kappa shape index (κ3) is 5.38. The minimum absolute atomic E-state index is 0.00897. The molecule has 0 amide bonds. The number of carbonyl (C=O) groups is 2. The molecule has 0 aromatic heterocycles. The van der Waals surface area contributed by atoms with E-state index in [0.717, 1.165) is 0 Å². The van der Waals surface area contributed by atoms with E-state index in [9.17, 15) is 9.59 Å². The molecule has 11 heteroatoms. The van der Waals surface area contributed by atoms with Crippen molar-refractivity contribution in [1.82, 2.24) is 4.90 Å². The van der Waals surface area contributed by atoms with Gasteiger partial charge in [-0.15, -0.1) is 0 Å². The first-order valence-corrected chi connectivity index (χ1v) is 9.18. The molecule has 0 bridgehead atoms. The van der Waals surface area contributed by atoms with Gasteiger partial charge in [-0.05, 0) is 6.42 Å². The molecule has 0 aromatic carbocycles. The summed E-state index contributed by atoms with van der Waals surface area (Å²) in [5, 5.41) is 0. The lowest BCUT2D eigenvalue weighted by Crippen LogP contribution is -2.49. The highest BCUT2D eigenvalue weighted by Crippen LogP contribution is 2.35. The third-order valence-corrected chi connectivity index (χ3v) is 4.81.